The highest BCUT2D eigenvalue weighted by molar-refractivity contribution is 7.17. The van der Waals surface area contributed by atoms with Gasteiger partial charge in [0, 0.05) is 22.0 Å². The molecule has 82 valence electrons. The summed E-state index contributed by atoms with van der Waals surface area (Å²) >= 11 is 1.49. The molecule has 3 heteroatoms. The summed E-state index contributed by atoms with van der Waals surface area (Å²) in [5, 5.41) is 1.12. The van der Waals surface area contributed by atoms with E-state index in [0.29, 0.717) is 0 Å². The zero-order chi connectivity index (χ0) is 11.7. The number of rotatable bonds is 2. The fourth-order valence-electron chi connectivity index (χ4n) is 1.78. The van der Waals surface area contributed by atoms with E-state index in [9.17, 15) is 4.79 Å². The van der Waals surface area contributed by atoms with Crippen molar-refractivity contribution in [3.8, 4) is 10.4 Å². The number of pyridine rings is 1. The number of nitrogens with zero attached hydrogens (tertiary/aromatic N) is 1. The van der Waals surface area contributed by atoms with Crippen molar-refractivity contribution < 1.29 is 4.79 Å². The molecule has 0 amide bonds. The first-order valence-electron chi connectivity index (χ1n) is 5.27. The predicted octanol–water partition coefficient (Wildman–Crippen LogP) is 3.78. The number of benzene rings is 1. The molecule has 3 aromatic rings. The largest absolute Gasteiger partial charge is 0.297 e. The number of carbonyl (C=O) groups is 1. The summed E-state index contributed by atoms with van der Waals surface area (Å²) in [6.07, 6.45) is 2.73. The maximum Gasteiger partial charge on any atom is 0.160 e. The fraction of sp³-hybridized carbons (Fsp3) is 0. The molecular formula is C14H9NOS. The second-order valence-corrected chi connectivity index (χ2v) is 4.85. The number of thiophene rings is 1. The third kappa shape index (κ3) is 1.85. The van der Waals surface area contributed by atoms with Crippen molar-refractivity contribution in [3.05, 3.63) is 53.5 Å². The number of para-hydroxylation sites is 1. The molecule has 0 unspecified atom stereocenters. The van der Waals surface area contributed by atoms with Gasteiger partial charge in [0.1, 0.15) is 0 Å². The van der Waals surface area contributed by atoms with Gasteiger partial charge in [-0.1, -0.05) is 18.2 Å². The molecule has 0 fully saturated rings. The Morgan fingerprint density at radius 2 is 2.00 bits per heavy atom. The molecule has 0 aliphatic carbocycles. The Balaban J connectivity index is 2.14. The van der Waals surface area contributed by atoms with Gasteiger partial charge in [-0.05, 0) is 24.3 Å². The summed E-state index contributed by atoms with van der Waals surface area (Å²) in [5.74, 6) is 0. The highest BCUT2D eigenvalue weighted by atomic mass is 32.1. The van der Waals surface area contributed by atoms with Crippen LogP contribution in [0.3, 0.4) is 0 Å². The van der Waals surface area contributed by atoms with Gasteiger partial charge in [-0.25, -0.2) is 0 Å². The van der Waals surface area contributed by atoms with E-state index in [4.69, 9.17) is 0 Å². The number of aromatic nitrogens is 1. The van der Waals surface area contributed by atoms with Crippen LogP contribution in [0, 0.1) is 0 Å². The van der Waals surface area contributed by atoms with Crippen molar-refractivity contribution >= 4 is 28.5 Å². The average Bonchev–Trinajstić information content (AvgIpc) is 2.87. The first-order chi connectivity index (χ1) is 8.36. The fourth-order valence-corrected chi connectivity index (χ4v) is 2.58. The van der Waals surface area contributed by atoms with Crippen molar-refractivity contribution in [2.75, 3.05) is 0 Å². The maximum atomic E-state index is 10.7. The van der Waals surface area contributed by atoms with E-state index in [2.05, 4.69) is 11.1 Å². The minimum Gasteiger partial charge on any atom is -0.297 e. The number of aldehydes is 1. The second kappa shape index (κ2) is 4.11. The van der Waals surface area contributed by atoms with E-state index in [0.717, 1.165) is 32.5 Å². The van der Waals surface area contributed by atoms with Crippen LogP contribution in [0.4, 0.5) is 0 Å². The smallest absolute Gasteiger partial charge is 0.160 e. The molecule has 3 rings (SSSR count). The number of hydrogen-bond donors (Lipinski definition) is 0. The first-order valence-corrected chi connectivity index (χ1v) is 6.08. The number of fused-ring (bicyclic) bond motifs is 1. The summed E-state index contributed by atoms with van der Waals surface area (Å²) in [5.41, 5.74) is 2.05. The quantitative estimate of drug-likeness (QED) is 0.637. The van der Waals surface area contributed by atoms with Crippen molar-refractivity contribution in [2.45, 2.75) is 0 Å². The van der Waals surface area contributed by atoms with Gasteiger partial charge in [-0.15, -0.1) is 11.3 Å². The van der Waals surface area contributed by atoms with E-state index in [-0.39, 0.29) is 0 Å². The Labute approximate surface area is 103 Å². The van der Waals surface area contributed by atoms with Gasteiger partial charge in [0.05, 0.1) is 10.4 Å². The van der Waals surface area contributed by atoms with E-state index < -0.39 is 0 Å². The third-order valence-corrected chi connectivity index (χ3v) is 3.68. The van der Waals surface area contributed by atoms with Crippen LogP contribution in [0.15, 0.2) is 48.7 Å². The Bertz CT molecular complexity index is 687. The zero-order valence-corrected chi connectivity index (χ0v) is 9.78. The van der Waals surface area contributed by atoms with Crippen LogP contribution in [-0.4, -0.2) is 11.3 Å². The van der Waals surface area contributed by atoms with Crippen LogP contribution in [0.25, 0.3) is 21.3 Å². The van der Waals surface area contributed by atoms with E-state index in [1.54, 1.807) is 0 Å². The molecule has 0 aliphatic heterocycles. The summed E-state index contributed by atoms with van der Waals surface area (Å²) < 4.78 is 0. The maximum absolute atomic E-state index is 10.7. The molecule has 0 saturated heterocycles. The molecule has 2 nitrogen and oxygen atoms in total. The van der Waals surface area contributed by atoms with Crippen molar-refractivity contribution in [1.82, 2.24) is 4.98 Å². The molecule has 0 N–H and O–H groups in total. The van der Waals surface area contributed by atoms with E-state index in [1.165, 1.54) is 11.3 Å². The zero-order valence-electron chi connectivity index (χ0n) is 8.96. The van der Waals surface area contributed by atoms with E-state index in [1.807, 2.05) is 42.6 Å². The van der Waals surface area contributed by atoms with Crippen LogP contribution in [-0.2, 0) is 0 Å². The molecule has 17 heavy (non-hydrogen) atoms. The van der Waals surface area contributed by atoms with Crippen LogP contribution in [0.1, 0.15) is 9.67 Å². The van der Waals surface area contributed by atoms with Crippen molar-refractivity contribution in [2.24, 2.45) is 0 Å². The highest BCUT2D eigenvalue weighted by Crippen LogP contribution is 2.28. The Morgan fingerprint density at radius 3 is 2.82 bits per heavy atom. The van der Waals surface area contributed by atoms with Gasteiger partial charge < -0.3 is 0 Å². The summed E-state index contributed by atoms with van der Waals surface area (Å²) in [7, 11) is 0. The molecule has 0 atom stereocenters. The van der Waals surface area contributed by atoms with Crippen LogP contribution in [0.5, 0.6) is 0 Å². The molecule has 0 bridgehead atoms. The standard InChI is InChI=1S/C14H9NOS/c16-9-12-5-6-14(17-12)11-7-10-3-1-2-4-13(10)15-8-11/h1-9H. The normalized spacial score (nSPS) is 10.6. The molecular weight excluding hydrogens is 230 g/mol. The third-order valence-electron chi connectivity index (χ3n) is 2.62. The van der Waals surface area contributed by atoms with Gasteiger partial charge in [0.2, 0.25) is 0 Å². The predicted molar refractivity (Wildman–Crippen MR) is 70.4 cm³/mol. The van der Waals surface area contributed by atoms with Gasteiger partial charge in [-0.3, -0.25) is 9.78 Å². The first kappa shape index (κ1) is 10.2. The topological polar surface area (TPSA) is 30.0 Å². The summed E-state index contributed by atoms with van der Waals surface area (Å²) in [6.45, 7) is 0. The molecule has 0 saturated carbocycles. The molecule has 0 radical (unpaired) electrons. The lowest BCUT2D eigenvalue weighted by atomic mass is 10.1. The Hall–Kier alpha value is -2.00. The lowest BCUT2D eigenvalue weighted by Crippen LogP contribution is -1.79. The Kier molecular flexibility index (Phi) is 2.46. The van der Waals surface area contributed by atoms with Gasteiger partial charge in [0.25, 0.3) is 0 Å². The Morgan fingerprint density at radius 1 is 1.12 bits per heavy atom. The average molecular weight is 239 g/mol. The summed E-state index contributed by atoms with van der Waals surface area (Å²) in [4.78, 5) is 16.9. The minimum absolute atomic E-state index is 0.744. The second-order valence-electron chi connectivity index (χ2n) is 3.74. The van der Waals surface area contributed by atoms with Crippen molar-refractivity contribution in [3.63, 3.8) is 0 Å². The lowest BCUT2D eigenvalue weighted by molar-refractivity contribution is 0.112. The summed E-state index contributed by atoms with van der Waals surface area (Å²) in [6, 6.07) is 13.9. The molecule has 0 aliphatic rings. The number of hydrogen-bond acceptors (Lipinski definition) is 3. The molecule has 0 spiro atoms. The monoisotopic (exact) mass is 239 g/mol. The van der Waals surface area contributed by atoms with Crippen molar-refractivity contribution in [1.29, 1.82) is 0 Å². The minimum atomic E-state index is 0.744. The van der Waals surface area contributed by atoms with Crippen LogP contribution >= 0.6 is 11.3 Å². The van der Waals surface area contributed by atoms with Crippen LogP contribution in [0.2, 0.25) is 0 Å². The van der Waals surface area contributed by atoms with Gasteiger partial charge >= 0.3 is 0 Å². The van der Waals surface area contributed by atoms with E-state index >= 15 is 0 Å². The van der Waals surface area contributed by atoms with Gasteiger partial charge in [-0.2, -0.15) is 0 Å². The molecule has 2 heterocycles. The SMILES string of the molecule is O=Cc1ccc(-c2cnc3ccccc3c2)s1. The lowest BCUT2D eigenvalue weighted by Gasteiger charge is -2.00. The number of carbonyl (C=O) groups excluding carboxylic acids is 1. The van der Waals surface area contributed by atoms with Gasteiger partial charge in [0.15, 0.2) is 6.29 Å². The van der Waals surface area contributed by atoms with Crippen LogP contribution < -0.4 is 0 Å². The highest BCUT2D eigenvalue weighted by Gasteiger charge is 2.03. The molecule has 1 aromatic carbocycles. The molecule has 2 aromatic heterocycles.